The summed E-state index contributed by atoms with van der Waals surface area (Å²) in [6, 6.07) is 0. The molecule has 0 radical (unpaired) electrons. The third-order valence-electron chi connectivity index (χ3n) is 3.84. The number of rotatable bonds is 9. The Kier molecular flexibility index (Phi) is 8.13. The summed E-state index contributed by atoms with van der Waals surface area (Å²) in [5, 5.41) is 0.130. The van der Waals surface area contributed by atoms with Crippen molar-refractivity contribution in [3.05, 3.63) is 0 Å². The highest BCUT2D eigenvalue weighted by molar-refractivity contribution is 8.33. The molecule has 4 nitrogen and oxygen atoms in total. The van der Waals surface area contributed by atoms with Gasteiger partial charge in [-0.3, -0.25) is 8.42 Å². The van der Waals surface area contributed by atoms with E-state index in [0.717, 1.165) is 6.42 Å². The molecule has 0 aliphatic rings. The number of ketones is 1. The lowest BCUT2D eigenvalue weighted by Crippen LogP contribution is -2.38. The molecule has 0 unspecified atom stereocenters. The van der Waals surface area contributed by atoms with Gasteiger partial charge < -0.3 is 0 Å². The van der Waals surface area contributed by atoms with Gasteiger partial charge in [-0.15, -0.1) is 0 Å². The van der Waals surface area contributed by atoms with Crippen LogP contribution in [0.3, 0.4) is 0 Å². The van der Waals surface area contributed by atoms with Gasteiger partial charge in [0.25, 0.3) is 0 Å². The fourth-order valence-corrected chi connectivity index (χ4v) is 8.92. The molecule has 0 aliphatic carbocycles. The molecule has 0 saturated carbocycles. The van der Waals surface area contributed by atoms with E-state index in [9.17, 15) is 13.2 Å². The zero-order valence-corrected chi connectivity index (χ0v) is 17.1. The number of hydrogen-bond donors (Lipinski definition) is 0. The van der Waals surface area contributed by atoms with Gasteiger partial charge in [0.1, 0.15) is 5.75 Å². The van der Waals surface area contributed by atoms with Gasteiger partial charge in [-0.1, -0.05) is 34.1 Å². The molecule has 0 bridgehead atoms. The van der Waals surface area contributed by atoms with Crippen LogP contribution in [0.2, 0.25) is 0 Å². The summed E-state index contributed by atoms with van der Waals surface area (Å²) in [7, 11) is -5.39. The summed E-state index contributed by atoms with van der Waals surface area (Å²) in [5.74, 6) is 0.442. The second-order valence-corrected chi connectivity index (χ2v) is 13.4. The van der Waals surface area contributed by atoms with Crippen molar-refractivity contribution in [2.75, 3.05) is 11.5 Å². The number of unbranched alkanes of at least 4 members (excludes halogenated alkanes) is 1. The lowest BCUT2D eigenvalue weighted by molar-refractivity contribution is -0.123. The van der Waals surface area contributed by atoms with Crippen LogP contribution in [0.25, 0.3) is 0 Å². The van der Waals surface area contributed by atoms with E-state index in [1.165, 1.54) is 0 Å². The Morgan fingerprint density at radius 3 is 1.82 bits per heavy atom. The van der Waals surface area contributed by atoms with Gasteiger partial charge in [0, 0.05) is 15.9 Å². The summed E-state index contributed by atoms with van der Waals surface area (Å²) in [6.45, 7) is 15.6. The minimum atomic E-state index is -3.47. The molecule has 1 N–H and O–H groups in total. The molecule has 0 aliphatic heterocycles. The summed E-state index contributed by atoms with van der Waals surface area (Å²) in [5.41, 5.74) is -0.468. The molecule has 0 spiro atoms. The van der Waals surface area contributed by atoms with Gasteiger partial charge in [0.15, 0.2) is 5.78 Å². The zero-order valence-electron chi connectivity index (χ0n) is 15.5. The molecule has 6 heteroatoms. The smallest absolute Gasteiger partial charge is 0.298 e. The maximum atomic E-state index is 12.6. The number of hydrogen-bond acceptors (Lipinski definition) is 3. The standard InChI is InChI=1S/C16H34O4S2/c1-9-10-11-22(18,19)20-21(13(2)3,14(4)5)12-15(17)16(6,7)8/h13-14H,9-12H2,1-8H3/p+1. The summed E-state index contributed by atoms with van der Waals surface area (Å²) in [4.78, 5) is 12.6. The minimum absolute atomic E-state index is 0.0650. The Morgan fingerprint density at radius 2 is 1.50 bits per heavy atom. The van der Waals surface area contributed by atoms with E-state index >= 15 is 0 Å². The van der Waals surface area contributed by atoms with E-state index in [-0.39, 0.29) is 27.8 Å². The second kappa shape index (κ2) is 8.15. The van der Waals surface area contributed by atoms with Crippen molar-refractivity contribution < 1.29 is 16.8 Å². The van der Waals surface area contributed by atoms with Crippen molar-refractivity contribution in [2.45, 2.75) is 78.7 Å². The Morgan fingerprint density at radius 1 is 1.05 bits per heavy atom. The van der Waals surface area contributed by atoms with Crippen LogP contribution >= 0.6 is 10.3 Å². The topological polar surface area (TPSA) is 64.0 Å². The molecule has 0 saturated heterocycles. The fraction of sp³-hybridized carbons (Fsp3) is 0.938. The SMILES string of the molecule is CCCCS(=O)(=O)[OH+]S(CC(=O)C(C)(C)C)(C(C)C)C(C)C. The number of Topliss-reactive ketones (excluding diaryl/α,β-unsaturated/α-hetero) is 1. The molecule has 22 heavy (non-hydrogen) atoms. The maximum Gasteiger partial charge on any atom is 0.390 e. The lowest BCUT2D eigenvalue weighted by atomic mass is 9.92. The largest absolute Gasteiger partial charge is 0.390 e. The van der Waals surface area contributed by atoms with Crippen molar-refractivity contribution in [2.24, 2.45) is 5.41 Å². The lowest BCUT2D eigenvalue weighted by Gasteiger charge is -2.41. The predicted molar refractivity (Wildman–Crippen MR) is 98.5 cm³/mol. The van der Waals surface area contributed by atoms with Crippen molar-refractivity contribution in [1.29, 1.82) is 0 Å². The van der Waals surface area contributed by atoms with Crippen molar-refractivity contribution in [1.82, 2.24) is 0 Å². The van der Waals surface area contributed by atoms with Gasteiger partial charge in [0.05, 0.1) is 5.75 Å². The Hall–Kier alpha value is -0.0700. The van der Waals surface area contributed by atoms with Crippen LogP contribution in [0.15, 0.2) is 0 Å². The first-order valence-electron chi connectivity index (χ1n) is 8.07. The van der Waals surface area contributed by atoms with E-state index in [2.05, 4.69) is 3.63 Å². The maximum absolute atomic E-state index is 12.6. The number of carbonyl (C=O) groups excluding carboxylic acids is 1. The fourth-order valence-electron chi connectivity index (χ4n) is 2.08. The minimum Gasteiger partial charge on any atom is -0.298 e. The number of carbonyl (C=O) groups is 1. The highest BCUT2D eigenvalue weighted by Gasteiger charge is 2.45. The Balaban J connectivity index is 5.58. The molecule has 0 aromatic heterocycles. The van der Waals surface area contributed by atoms with Crippen molar-refractivity contribution >= 4 is 26.2 Å². The van der Waals surface area contributed by atoms with Crippen LogP contribution in [0.4, 0.5) is 0 Å². The van der Waals surface area contributed by atoms with Crippen LogP contribution in [0, 0.1) is 5.41 Å². The normalized spacial score (nSPS) is 14.6. The van der Waals surface area contributed by atoms with Gasteiger partial charge in [-0.2, -0.15) is 8.42 Å². The van der Waals surface area contributed by atoms with Crippen molar-refractivity contribution in [3.8, 4) is 0 Å². The van der Waals surface area contributed by atoms with Crippen LogP contribution in [-0.4, -0.2) is 39.8 Å². The zero-order chi connectivity index (χ0) is 17.8. The Bertz CT molecular complexity index is 451. The molecule has 0 aromatic rings. The average molecular weight is 356 g/mol. The van der Waals surface area contributed by atoms with E-state index in [0.29, 0.717) is 6.42 Å². The van der Waals surface area contributed by atoms with E-state index in [1.807, 2.05) is 55.4 Å². The first-order chi connectivity index (χ1) is 9.78. The summed E-state index contributed by atoms with van der Waals surface area (Å²) >= 11 is 0. The average Bonchev–Trinajstić information content (AvgIpc) is 2.33. The molecule has 0 fully saturated rings. The molecule has 0 amide bonds. The van der Waals surface area contributed by atoms with E-state index in [1.54, 1.807) is 0 Å². The van der Waals surface area contributed by atoms with Gasteiger partial charge in [-0.05, 0) is 44.4 Å². The van der Waals surface area contributed by atoms with E-state index < -0.39 is 25.8 Å². The molecular formula is C16H35O4S2+. The van der Waals surface area contributed by atoms with E-state index in [4.69, 9.17) is 0 Å². The van der Waals surface area contributed by atoms with Crippen LogP contribution < -0.4 is 0 Å². The first-order valence-corrected chi connectivity index (χ1v) is 11.6. The third kappa shape index (κ3) is 6.20. The highest BCUT2D eigenvalue weighted by atomic mass is 32.3. The Labute approximate surface area is 139 Å². The summed E-state index contributed by atoms with van der Waals surface area (Å²) < 4.78 is 29.1. The van der Waals surface area contributed by atoms with Crippen LogP contribution in [-0.2, 0) is 14.9 Å². The van der Waals surface area contributed by atoms with Gasteiger partial charge in [0.2, 0.25) is 0 Å². The predicted octanol–water partition coefficient (Wildman–Crippen LogP) is 4.36. The van der Waals surface area contributed by atoms with Gasteiger partial charge in [-0.25, -0.2) is 0 Å². The molecular weight excluding hydrogens is 320 g/mol. The first kappa shape index (κ1) is 21.9. The molecule has 0 rings (SSSR count). The third-order valence-corrected chi connectivity index (χ3v) is 10.7. The molecule has 134 valence electrons. The van der Waals surface area contributed by atoms with Crippen LogP contribution in [0.1, 0.15) is 68.2 Å². The monoisotopic (exact) mass is 355 g/mol. The van der Waals surface area contributed by atoms with Crippen LogP contribution in [0.5, 0.6) is 0 Å². The quantitative estimate of drug-likeness (QED) is 0.456. The summed E-state index contributed by atoms with van der Waals surface area (Å²) in [6.07, 6.45) is 1.44. The van der Waals surface area contributed by atoms with Crippen molar-refractivity contribution in [3.63, 3.8) is 0 Å². The highest BCUT2D eigenvalue weighted by Crippen LogP contribution is 2.57. The second-order valence-electron chi connectivity index (χ2n) is 7.44. The van der Waals surface area contributed by atoms with Gasteiger partial charge >= 0.3 is 10.1 Å². The molecule has 0 aromatic carbocycles. The molecule has 0 heterocycles. The molecule has 0 atom stereocenters.